The first-order valence-corrected chi connectivity index (χ1v) is 6.85. The van der Waals surface area contributed by atoms with Crippen molar-refractivity contribution in [2.45, 2.75) is 33.2 Å². The molecule has 1 atom stereocenters. The molecular formula is C10H14N4S2. The van der Waals surface area contributed by atoms with Crippen molar-refractivity contribution < 1.29 is 0 Å². The molecule has 1 unspecified atom stereocenters. The van der Waals surface area contributed by atoms with E-state index in [9.17, 15) is 0 Å². The Kier molecular flexibility index (Phi) is 3.50. The molecule has 16 heavy (non-hydrogen) atoms. The van der Waals surface area contributed by atoms with Gasteiger partial charge in [-0.2, -0.15) is 4.37 Å². The van der Waals surface area contributed by atoms with Crippen molar-refractivity contribution in [3.05, 3.63) is 21.9 Å². The topological polar surface area (TPSA) is 50.7 Å². The Morgan fingerprint density at radius 1 is 1.44 bits per heavy atom. The Balaban J connectivity index is 2.04. The summed E-state index contributed by atoms with van der Waals surface area (Å²) in [6.45, 7) is 6.15. The van der Waals surface area contributed by atoms with Crippen LogP contribution in [0, 0.1) is 6.92 Å². The van der Waals surface area contributed by atoms with Crippen LogP contribution in [0.4, 0.5) is 5.13 Å². The number of rotatable bonds is 4. The third-order valence-electron chi connectivity index (χ3n) is 2.13. The molecule has 0 bridgehead atoms. The van der Waals surface area contributed by atoms with Crippen LogP contribution in [-0.4, -0.2) is 14.3 Å². The van der Waals surface area contributed by atoms with E-state index >= 15 is 0 Å². The van der Waals surface area contributed by atoms with Gasteiger partial charge in [0.2, 0.25) is 5.13 Å². The van der Waals surface area contributed by atoms with Gasteiger partial charge in [0, 0.05) is 29.0 Å². The lowest BCUT2D eigenvalue weighted by Crippen LogP contribution is -2.06. The van der Waals surface area contributed by atoms with E-state index in [4.69, 9.17) is 0 Å². The normalized spacial score (nSPS) is 12.7. The summed E-state index contributed by atoms with van der Waals surface area (Å²) in [7, 11) is 0. The molecule has 0 saturated carbocycles. The van der Waals surface area contributed by atoms with Crippen molar-refractivity contribution in [3.63, 3.8) is 0 Å². The van der Waals surface area contributed by atoms with Crippen molar-refractivity contribution in [2.24, 2.45) is 0 Å². The fourth-order valence-electron chi connectivity index (χ4n) is 1.27. The summed E-state index contributed by atoms with van der Waals surface area (Å²) in [5.41, 5.74) is 1.07. The van der Waals surface area contributed by atoms with Gasteiger partial charge in [0.15, 0.2) is 0 Å². The molecular weight excluding hydrogens is 240 g/mol. The van der Waals surface area contributed by atoms with Crippen molar-refractivity contribution in [1.29, 1.82) is 0 Å². The lowest BCUT2D eigenvalue weighted by Gasteiger charge is -2.08. The monoisotopic (exact) mass is 254 g/mol. The van der Waals surface area contributed by atoms with Crippen LogP contribution in [0.1, 0.15) is 36.4 Å². The average Bonchev–Trinajstić information content (AvgIpc) is 2.87. The van der Waals surface area contributed by atoms with Crippen molar-refractivity contribution >= 4 is 28.0 Å². The van der Waals surface area contributed by atoms with Gasteiger partial charge in [0.05, 0.1) is 6.04 Å². The zero-order valence-electron chi connectivity index (χ0n) is 9.52. The van der Waals surface area contributed by atoms with E-state index in [1.54, 1.807) is 11.3 Å². The molecule has 6 heteroatoms. The van der Waals surface area contributed by atoms with Crippen LogP contribution < -0.4 is 5.32 Å². The molecule has 0 saturated heterocycles. The van der Waals surface area contributed by atoms with Gasteiger partial charge in [0.25, 0.3) is 0 Å². The first-order chi connectivity index (χ1) is 7.69. The van der Waals surface area contributed by atoms with E-state index < -0.39 is 0 Å². The first-order valence-electron chi connectivity index (χ1n) is 5.20. The highest BCUT2D eigenvalue weighted by Crippen LogP contribution is 2.23. The maximum atomic E-state index is 4.45. The van der Waals surface area contributed by atoms with Crippen LogP contribution in [0.15, 0.2) is 5.38 Å². The molecule has 0 aliphatic carbocycles. The Morgan fingerprint density at radius 2 is 2.25 bits per heavy atom. The molecule has 4 nitrogen and oxygen atoms in total. The van der Waals surface area contributed by atoms with Gasteiger partial charge in [-0.1, -0.05) is 6.92 Å². The minimum absolute atomic E-state index is 0.191. The summed E-state index contributed by atoms with van der Waals surface area (Å²) in [5, 5.41) is 7.34. The van der Waals surface area contributed by atoms with Gasteiger partial charge in [-0.3, -0.25) is 0 Å². The molecule has 2 aromatic heterocycles. The largest absolute Gasteiger partial charge is 0.351 e. The second-order valence-corrected chi connectivity index (χ2v) is 5.20. The van der Waals surface area contributed by atoms with Crippen LogP contribution in [0.5, 0.6) is 0 Å². The van der Waals surface area contributed by atoms with E-state index in [-0.39, 0.29) is 6.04 Å². The summed E-state index contributed by atoms with van der Waals surface area (Å²) in [4.78, 5) is 8.82. The number of aromatic nitrogens is 3. The molecule has 86 valence electrons. The van der Waals surface area contributed by atoms with Crippen LogP contribution in [0.2, 0.25) is 0 Å². The first kappa shape index (κ1) is 11.5. The molecule has 2 aromatic rings. The van der Waals surface area contributed by atoms with Gasteiger partial charge in [0.1, 0.15) is 10.8 Å². The summed E-state index contributed by atoms with van der Waals surface area (Å²) < 4.78 is 4.24. The van der Waals surface area contributed by atoms with Gasteiger partial charge in [-0.15, -0.1) is 11.3 Å². The number of nitrogens with one attached hydrogen (secondary N) is 1. The second kappa shape index (κ2) is 4.88. The fourth-order valence-corrected chi connectivity index (χ4v) is 2.82. The number of nitrogens with zero attached hydrogens (tertiary/aromatic N) is 3. The number of aryl methyl sites for hydroxylation is 2. The zero-order chi connectivity index (χ0) is 11.5. The van der Waals surface area contributed by atoms with Gasteiger partial charge >= 0.3 is 0 Å². The van der Waals surface area contributed by atoms with E-state index in [1.807, 2.05) is 6.92 Å². The highest BCUT2D eigenvalue weighted by molar-refractivity contribution is 7.10. The lowest BCUT2D eigenvalue weighted by atomic mass is 10.3. The highest BCUT2D eigenvalue weighted by Gasteiger charge is 2.11. The Hall–Kier alpha value is -1.01. The minimum atomic E-state index is 0.191. The number of hydrogen-bond acceptors (Lipinski definition) is 6. The zero-order valence-corrected chi connectivity index (χ0v) is 11.2. The van der Waals surface area contributed by atoms with Crippen molar-refractivity contribution in [2.75, 3.05) is 5.32 Å². The molecule has 2 rings (SSSR count). The summed E-state index contributed by atoms with van der Waals surface area (Å²) in [6, 6.07) is 0.191. The van der Waals surface area contributed by atoms with Crippen LogP contribution >= 0.6 is 22.9 Å². The number of thiazole rings is 1. The smallest absolute Gasteiger partial charge is 0.203 e. The predicted octanol–water partition coefficient (Wildman–Crippen LogP) is 3.04. The Bertz CT molecular complexity index is 463. The fraction of sp³-hybridized carbons (Fsp3) is 0.500. The van der Waals surface area contributed by atoms with Crippen molar-refractivity contribution in [1.82, 2.24) is 14.3 Å². The van der Waals surface area contributed by atoms with Crippen LogP contribution in [0.25, 0.3) is 0 Å². The molecule has 2 heterocycles. The lowest BCUT2D eigenvalue weighted by molar-refractivity contribution is 0.857. The highest BCUT2D eigenvalue weighted by atomic mass is 32.1. The van der Waals surface area contributed by atoms with Crippen LogP contribution in [0.3, 0.4) is 0 Å². The molecule has 0 spiro atoms. The molecule has 0 amide bonds. The molecule has 0 fully saturated rings. The third kappa shape index (κ3) is 2.56. The molecule has 1 N–H and O–H groups in total. The SMILES string of the molecule is CCc1nsc(NC(C)c2nc(C)cs2)n1. The van der Waals surface area contributed by atoms with Crippen molar-refractivity contribution in [3.8, 4) is 0 Å². The maximum absolute atomic E-state index is 4.45. The van der Waals surface area contributed by atoms with E-state index in [0.29, 0.717) is 0 Å². The van der Waals surface area contributed by atoms with E-state index in [0.717, 1.165) is 28.1 Å². The van der Waals surface area contributed by atoms with Gasteiger partial charge in [-0.05, 0) is 13.8 Å². The van der Waals surface area contributed by atoms with E-state index in [1.165, 1.54) is 11.5 Å². The van der Waals surface area contributed by atoms with Crippen LogP contribution in [-0.2, 0) is 6.42 Å². The summed E-state index contributed by atoms with van der Waals surface area (Å²) in [6.07, 6.45) is 0.878. The minimum Gasteiger partial charge on any atom is -0.351 e. The third-order valence-corrected chi connectivity index (χ3v) is 3.96. The predicted molar refractivity (Wildman–Crippen MR) is 68.2 cm³/mol. The Labute approximate surface area is 103 Å². The molecule has 0 aliphatic heterocycles. The summed E-state index contributed by atoms with van der Waals surface area (Å²) in [5.74, 6) is 0.898. The van der Waals surface area contributed by atoms with Gasteiger partial charge < -0.3 is 5.32 Å². The molecule has 0 aliphatic rings. The Morgan fingerprint density at radius 3 is 2.81 bits per heavy atom. The van der Waals surface area contributed by atoms with E-state index in [2.05, 4.69) is 38.9 Å². The molecule has 0 aromatic carbocycles. The summed E-state index contributed by atoms with van der Waals surface area (Å²) >= 11 is 3.08. The standard InChI is InChI=1S/C10H14N4S2/c1-4-8-13-10(16-14-8)12-7(3)9-11-6(2)5-15-9/h5,7H,4H2,1-3H3,(H,12,13,14). The number of anilines is 1. The second-order valence-electron chi connectivity index (χ2n) is 3.56. The maximum Gasteiger partial charge on any atom is 0.203 e. The average molecular weight is 254 g/mol. The number of hydrogen-bond donors (Lipinski definition) is 1. The van der Waals surface area contributed by atoms with Gasteiger partial charge in [-0.25, -0.2) is 9.97 Å². The quantitative estimate of drug-likeness (QED) is 0.911. The molecule has 0 radical (unpaired) electrons.